The monoisotopic (exact) mass is 596 g/mol. The van der Waals surface area contributed by atoms with Gasteiger partial charge in [-0.05, 0) is 61.4 Å². The van der Waals surface area contributed by atoms with Crippen LogP contribution in [0.15, 0.2) is 79.0 Å². The molecule has 0 aliphatic carbocycles. The minimum absolute atomic E-state index is 0.116. The van der Waals surface area contributed by atoms with Gasteiger partial charge in [-0.2, -0.15) is 0 Å². The molecular formula is C34H36N4O6. The zero-order chi connectivity index (χ0) is 31.1. The van der Waals surface area contributed by atoms with Crippen LogP contribution >= 0.6 is 0 Å². The van der Waals surface area contributed by atoms with Crippen LogP contribution in [0.25, 0.3) is 10.9 Å². The number of rotatable bonds is 11. The van der Waals surface area contributed by atoms with Gasteiger partial charge in [0.2, 0.25) is 5.91 Å². The molecule has 10 nitrogen and oxygen atoms in total. The number of fused-ring (bicyclic) bond motifs is 1. The molecule has 0 radical (unpaired) electrons. The number of carbonyl (C=O) groups excluding carboxylic acids is 4. The Balaban J connectivity index is 1.32. The third-order valence-electron chi connectivity index (χ3n) is 7.70. The van der Waals surface area contributed by atoms with Crippen molar-refractivity contribution in [1.82, 2.24) is 9.47 Å². The van der Waals surface area contributed by atoms with Crippen LogP contribution in [0, 0.1) is 0 Å². The van der Waals surface area contributed by atoms with Gasteiger partial charge in [0.05, 0.1) is 19.3 Å². The molecule has 1 fully saturated rings. The van der Waals surface area contributed by atoms with Crippen molar-refractivity contribution in [2.45, 2.75) is 26.3 Å². The van der Waals surface area contributed by atoms with Crippen molar-refractivity contribution in [1.29, 1.82) is 0 Å². The van der Waals surface area contributed by atoms with Gasteiger partial charge in [0.15, 0.2) is 0 Å². The number of ketones is 1. The third-order valence-corrected chi connectivity index (χ3v) is 7.70. The molecule has 0 atom stereocenters. The summed E-state index contributed by atoms with van der Waals surface area (Å²) >= 11 is 0. The summed E-state index contributed by atoms with van der Waals surface area (Å²) in [6.07, 6.45) is 2.41. The van der Waals surface area contributed by atoms with E-state index in [0.717, 1.165) is 17.0 Å². The molecule has 3 aromatic carbocycles. The van der Waals surface area contributed by atoms with Crippen LogP contribution in [0.3, 0.4) is 0 Å². The number of Topliss-reactive ketones (excluding diaryl/α,β-unsaturated/α-hetero) is 1. The van der Waals surface area contributed by atoms with E-state index in [0.29, 0.717) is 55.6 Å². The van der Waals surface area contributed by atoms with Gasteiger partial charge >= 0.3 is 5.97 Å². The van der Waals surface area contributed by atoms with Crippen molar-refractivity contribution in [3.05, 3.63) is 90.1 Å². The highest BCUT2D eigenvalue weighted by Crippen LogP contribution is 2.27. The lowest BCUT2D eigenvalue weighted by Gasteiger charge is -2.35. The molecule has 0 bridgehead atoms. The second kappa shape index (κ2) is 13.9. The Kier molecular flexibility index (Phi) is 9.59. The summed E-state index contributed by atoms with van der Waals surface area (Å²) in [7, 11) is 1.62. The lowest BCUT2D eigenvalue weighted by molar-refractivity contribution is -0.143. The molecule has 1 N–H and O–H groups in total. The number of anilines is 2. The van der Waals surface area contributed by atoms with E-state index in [9.17, 15) is 19.2 Å². The minimum Gasteiger partial charge on any atom is -0.497 e. The number of amides is 2. The molecule has 2 heterocycles. The van der Waals surface area contributed by atoms with Crippen molar-refractivity contribution in [2.24, 2.45) is 0 Å². The largest absolute Gasteiger partial charge is 0.497 e. The number of methoxy groups -OCH3 is 1. The Morgan fingerprint density at radius 3 is 2.30 bits per heavy atom. The van der Waals surface area contributed by atoms with Gasteiger partial charge in [-0.25, -0.2) is 0 Å². The summed E-state index contributed by atoms with van der Waals surface area (Å²) in [5.74, 6) is -1.12. The number of benzene rings is 3. The van der Waals surface area contributed by atoms with Crippen molar-refractivity contribution < 1.29 is 28.7 Å². The number of nitrogens with one attached hydrogen (secondary N) is 1. The molecule has 10 heteroatoms. The van der Waals surface area contributed by atoms with E-state index in [-0.39, 0.29) is 24.6 Å². The number of piperazine rings is 1. The normalized spacial score (nSPS) is 13.0. The van der Waals surface area contributed by atoms with Crippen LogP contribution in [0.1, 0.15) is 29.3 Å². The lowest BCUT2D eigenvalue weighted by Crippen LogP contribution is -2.50. The molecule has 0 spiro atoms. The highest BCUT2D eigenvalue weighted by Gasteiger charge is 2.29. The molecule has 1 aliphatic heterocycles. The van der Waals surface area contributed by atoms with E-state index in [1.165, 1.54) is 6.20 Å². The van der Waals surface area contributed by atoms with E-state index in [2.05, 4.69) is 10.2 Å². The summed E-state index contributed by atoms with van der Waals surface area (Å²) < 4.78 is 12.0. The van der Waals surface area contributed by atoms with Gasteiger partial charge in [0, 0.05) is 61.1 Å². The number of esters is 1. The first-order chi connectivity index (χ1) is 21.4. The Hall–Kier alpha value is -5.12. The number of ether oxygens (including phenoxy) is 2. The number of hydrogen-bond acceptors (Lipinski definition) is 7. The highest BCUT2D eigenvalue weighted by atomic mass is 16.5. The van der Waals surface area contributed by atoms with Gasteiger partial charge < -0.3 is 29.2 Å². The van der Waals surface area contributed by atoms with Crippen LogP contribution in [-0.4, -0.2) is 72.9 Å². The predicted octanol–water partition coefficient (Wildman–Crippen LogP) is 4.32. The van der Waals surface area contributed by atoms with E-state index in [1.807, 2.05) is 54.6 Å². The molecular weight excluding hydrogens is 560 g/mol. The van der Waals surface area contributed by atoms with Crippen molar-refractivity contribution in [2.75, 3.05) is 50.1 Å². The summed E-state index contributed by atoms with van der Waals surface area (Å²) in [5, 5.41) is 3.38. The Bertz CT molecular complexity index is 1640. The van der Waals surface area contributed by atoms with E-state index in [1.54, 1.807) is 41.7 Å². The second-order valence-electron chi connectivity index (χ2n) is 10.5. The summed E-state index contributed by atoms with van der Waals surface area (Å²) in [4.78, 5) is 55.9. The summed E-state index contributed by atoms with van der Waals surface area (Å²) in [6.45, 7) is 3.77. The van der Waals surface area contributed by atoms with Crippen molar-refractivity contribution >= 4 is 45.8 Å². The molecule has 228 valence electrons. The number of aromatic nitrogens is 1. The molecule has 0 unspecified atom stereocenters. The van der Waals surface area contributed by atoms with E-state index in [4.69, 9.17) is 9.47 Å². The van der Waals surface area contributed by atoms with E-state index < -0.39 is 17.7 Å². The fourth-order valence-electron chi connectivity index (χ4n) is 5.38. The molecule has 2 amide bonds. The average Bonchev–Trinajstić information content (AvgIpc) is 3.40. The first kappa shape index (κ1) is 30.3. The molecule has 4 aromatic rings. The molecule has 0 saturated carbocycles. The lowest BCUT2D eigenvalue weighted by atomic mass is 10.1. The van der Waals surface area contributed by atoms with Crippen LogP contribution < -0.4 is 15.0 Å². The number of nitrogens with zero attached hydrogens (tertiary/aromatic N) is 3. The standard InChI is InChI=1S/C34H36N4O6/c1-3-44-32(40)23-38-22-29(28-21-25(10-15-30(28)38)35-31(39)16-9-24-7-5-4-6-8-24)33(41)34(42)37-19-17-36(18-20-37)26-11-13-27(43-2)14-12-26/h4-8,10-15,21-22H,3,9,16-20,23H2,1-2H3,(H,35,39). The maximum atomic E-state index is 13.7. The van der Waals surface area contributed by atoms with Crippen LogP contribution in [0.5, 0.6) is 5.75 Å². The number of hydrogen-bond donors (Lipinski definition) is 1. The average molecular weight is 597 g/mol. The first-order valence-electron chi connectivity index (χ1n) is 14.7. The van der Waals surface area contributed by atoms with Crippen molar-refractivity contribution in [3.63, 3.8) is 0 Å². The van der Waals surface area contributed by atoms with Gasteiger partial charge in [0.25, 0.3) is 11.7 Å². The van der Waals surface area contributed by atoms with Crippen molar-refractivity contribution in [3.8, 4) is 5.75 Å². The maximum absolute atomic E-state index is 13.7. The second-order valence-corrected chi connectivity index (χ2v) is 10.5. The van der Waals surface area contributed by atoms with Crippen LogP contribution in [-0.2, 0) is 32.1 Å². The van der Waals surface area contributed by atoms with Gasteiger partial charge in [-0.15, -0.1) is 0 Å². The first-order valence-corrected chi connectivity index (χ1v) is 14.7. The maximum Gasteiger partial charge on any atom is 0.325 e. The number of carbonyl (C=O) groups is 4. The quantitative estimate of drug-likeness (QED) is 0.156. The summed E-state index contributed by atoms with van der Waals surface area (Å²) in [6, 6.07) is 22.6. The minimum atomic E-state index is -0.664. The molecule has 1 aliphatic rings. The fraction of sp³-hybridized carbons (Fsp3) is 0.294. The van der Waals surface area contributed by atoms with Crippen LogP contribution in [0.2, 0.25) is 0 Å². The smallest absolute Gasteiger partial charge is 0.325 e. The molecule has 1 saturated heterocycles. The Morgan fingerprint density at radius 2 is 1.61 bits per heavy atom. The molecule has 44 heavy (non-hydrogen) atoms. The predicted molar refractivity (Wildman–Crippen MR) is 168 cm³/mol. The Morgan fingerprint density at radius 1 is 0.886 bits per heavy atom. The SMILES string of the molecule is CCOC(=O)Cn1cc(C(=O)C(=O)N2CCN(c3ccc(OC)cc3)CC2)c2cc(NC(=O)CCc3ccccc3)ccc21. The van der Waals surface area contributed by atoms with Gasteiger partial charge in [-0.3, -0.25) is 19.2 Å². The van der Waals surface area contributed by atoms with Gasteiger partial charge in [-0.1, -0.05) is 30.3 Å². The van der Waals surface area contributed by atoms with Crippen LogP contribution in [0.4, 0.5) is 11.4 Å². The molecule has 5 rings (SSSR count). The van der Waals surface area contributed by atoms with E-state index >= 15 is 0 Å². The highest BCUT2D eigenvalue weighted by molar-refractivity contribution is 6.45. The third kappa shape index (κ3) is 7.08. The number of aryl methyl sites for hydroxylation is 1. The molecule has 1 aromatic heterocycles. The summed E-state index contributed by atoms with van der Waals surface area (Å²) in [5.41, 5.74) is 3.34. The fourth-order valence-corrected chi connectivity index (χ4v) is 5.38. The zero-order valence-corrected chi connectivity index (χ0v) is 25.0. The van der Waals surface area contributed by atoms with Gasteiger partial charge in [0.1, 0.15) is 12.3 Å². The Labute approximate surface area is 256 Å². The topological polar surface area (TPSA) is 110 Å². The zero-order valence-electron chi connectivity index (χ0n) is 25.0.